The van der Waals surface area contributed by atoms with Crippen molar-refractivity contribution in [3.05, 3.63) is 50.8 Å². The smallest absolute Gasteiger partial charge is 0.352 e. The number of amides is 1. The van der Waals surface area contributed by atoms with Crippen molar-refractivity contribution in [1.29, 1.82) is 0 Å². The normalized spacial score (nSPS) is 10.4. The molecule has 0 fully saturated rings. The number of nitrogens with zero attached hydrogens (tertiary/aromatic N) is 3. The molecule has 0 aliphatic rings. The topological polar surface area (TPSA) is 95.2 Å². The molecular weight excluding hydrogens is 300 g/mol. The van der Waals surface area contributed by atoms with Gasteiger partial charge in [-0.2, -0.15) is 9.78 Å². The summed E-state index contributed by atoms with van der Waals surface area (Å²) >= 11 is 0. The molecule has 0 aliphatic heterocycles. The highest BCUT2D eigenvalue weighted by molar-refractivity contribution is 5.91. The Morgan fingerprint density at radius 3 is 2.39 bits per heavy atom. The summed E-state index contributed by atoms with van der Waals surface area (Å²) in [4.78, 5) is 36.6. The van der Waals surface area contributed by atoms with E-state index in [0.717, 1.165) is 9.25 Å². The molecule has 23 heavy (non-hydrogen) atoms. The molecule has 0 bridgehead atoms. The van der Waals surface area contributed by atoms with Crippen LogP contribution >= 0.6 is 0 Å². The van der Waals surface area contributed by atoms with E-state index in [9.17, 15) is 14.4 Å². The Kier molecular flexibility index (Phi) is 4.95. The largest absolute Gasteiger partial charge is 0.497 e. The summed E-state index contributed by atoms with van der Waals surface area (Å²) in [6.07, 6.45) is 0. The zero-order valence-corrected chi connectivity index (χ0v) is 13.2. The predicted octanol–water partition coefficient (Wildman–Crippen LogP) is 0.172. The third-order valence-electron chi connectivity index (χ3n) is 3.25. The number of nitrogens with one attached hydrogen (secondary N) is 1. The first-order valence-electron chi connectivity index (χ1n) is 7.20. The molecule has 122 valence electrons. The van der Waals surface area contributed by atoms with Gasteiger partial charge in [0.05, 0.1) is 12.8 Å². The van der Waals surface area contributed by atoms with Gasteiger partial charge in [0.25, 0.3) is 11.5 Å². The maximum absolute atomic E-state index is 12.4. The van der Waals surface area contributed by atoms with Crippen molar-refractivity contribution in [1.82, 2.24) is 19.7 Å². The van der Waals surface area contributed by atoms with E-state index < -0.39 is 17.2 Å². The average molecular weight is 318 g/mol. The van der Waals surface area contributed by atoms with Crippen LogP contribution in [0.2, 0.25) is 0 Å². The number of aromatic nitrogens is 3. The van der Waals surface area contributed by atoms with Gasteiger partial charge in [0.15, 0.2) is 0 Å². The number of carbonyl (C=O) groups is 1. The molecule has 0 spiro atoms. The standard InChI is InChI=1S/C15H18N4O4/c1-4-16-13(20)12-14(21)18(5-2)15(22)19(17-12)10-6-8-11(23-3)9-7-10/h6-9H,4-5H2,1-3H3,(H,16,20). The van der Waals surface area contributed by atoms with E-state index in [2.05, 4.69) is 10.4 Å². The van der Waals surface area contributed by atoms with Crippen molar-refractivity contribution >= 4 is 5.91 Å². The molecule has 1 heterocycles. The fraction of sp³-hybridized carbons (Fsp3) is 0.333. The van der Waals surface area contributed by atoms with Crippen LogP contribution in [0.15, 0.2) is 33.9 Å². The number of hydrogen-bond donors (Lipinski definition) is 1. The lowest BCUT2D eigenvalue weighted by molar-refractivity contribution is 0.0946. The Labute approximate surface area is 132 Å². The van der Waals surface area contributed by atoms with Crippen molar-refractivity contribution < 1.29 is 9.53 Å². The molecule has 2 rings (SSSR count). The first kappa shape index (κ1) is 16.5. The number of methoxy groups -OCH3 is 1. The molecule has 2 aromatic rings. The molecule has 0 atom stereocenters. The minimum absolute atomic E-state index is 0.142. The van der Waals surface area contributed by atoms with Crippen molar-refractivity contribution in [3.8, 4) is 11.4 Å². The maximum Gasteiger partial charge on any atom is 0.352 e. The van der Waals surface area contributed by atoms with E-state index in [1.165, 1.54) is 7.11 Å². The quantitative estimate of drug-likeness (QED) is 0.848. The number of hydrogen-bond acceptors (Lipinski definition) is 5. The van der Waals surface area contributed by atoms with E-state index in [0.29, 0.717) is 18.0 Å². The van der Waals surface area contributed by atoms with E-state index in [4.69, 9.17) is 4.74 Å². The van der Waals surface area contributed by atoms with Gasteiger partial charge in [0.2, 0.25) is 5.69 Å². The summed E-state index contributed by atoms with van der Waals surface area (Å²) in [6, 6.07) is 6.58. The second-order valence-electron chi connectivity index (χ2n) is 4.65. The second kappa shape index (κ2) is 6.91. The molecule has 0 aliphatic carbocycles. The van der Waals surface area contributed by atoms with Gasteiger partial charge in [-0.05, 0) is 38.1 Å². The molecule has 8 nitrogen and oxygen atoms in total. The van der Waals surface area contributed by atoms with Crippen molar-refractivity contribution in [3.63, 3.8) is 0 Å². The lowest BCUT2D eigenvalue weighted by atomic mass is 10.3. The monoisotopic (exact) mass is 318 g/mol. The minimum atomic E-state index is -0.701. The molecular formula is C15H18N4O4. The van der Waals surface area contributed by atoms with Gasteiger partial charge in [0.1, 0.15) is 5.75 Å². The Morgan fingerprint density at radius 1 is 1.22 bits per heavy atom. The van der Waals surface area contributed by atoms with E-state index >= 15 is 0 Å². The number of ether oxygens (including phenoxy) is 1. The van der Waals surface area contributed by atoms with Gasteiger partial charge in [-0.1, -0.05) is 0 Å². The van der Waals surface area contributed by atoms with Crippen molar-refractivity contribution in [2.24, 2.45) is 0 Å². The molecule has 0 radical (unpaired) electrons. The van der Waals surface area contributed by atoms with Crippen molar-refractivity contribution in [2.45, 2.75) is 20.4 Å². The summed E-state index contributed by atoms with van der Waals surface area (Å²) in [5.41, 5.74) is -1.18. The summed E-state index contributed by atoms with van der Waals surface area (Å²) in [6.45, 7) is 3.88. The first-order chi connectivity index (χ1) is 11.0. The van der Waals surface area contributed by atoms with Gasteiger partial charge in [0, 0.05) is 13.1 Å². The molecule has 1 aromatic carbocycles. The average Bonchev–Trinajstić information content (AvgIpc) is 2.56. The Balaban J connectivity index is 2.67. The highest BCUT2D eigenvalue weighted by Crippen LogP contribution is 2.12. The van der Waals surface area contributed by atoms with Crippen molar-refractivity contribution in [2.75, 3.05) is 13.7 Å². The molecule has 1 N–H and O–H groups in total. The Hall–Kier alpha value is -2.90. The van der Waals surface area contributed by atoms with E-state index in [-0.39, 0.29) is 12.2 Å². The SMILES string of the molecule is CCNC(=O)c1nn(-c2ccc(OC)cc2)c(=O)n(CC)c1=O. The molecule has 0 unspecified atom stereocenters. The highest BCUT2D eigenvalue weighted by Gasteiger charge is 2.18. The number of carbonyl (C=O) groups excluding carboxylic acids is 1. The van der Waals surface area contributed by atoms with Crippen LogP contribution in [0.1, 0.15) is 24.3 Å². The lowest BCUT2D eigenvalue weighted by Crippen LogP contribution is -2.45. The number of benzene rings is 1. The number of rotatable bonds is 5. The van der Waals surface area contributed by atoms with Crippen LogP contribution in [0.3, 0.4) is 0 Å². The molecule has 1 amide bonds. The molecule has 0 saturated heterocycles. The molecule has 1 aromatic heterocycles. The summed E-state index contributed by atoms with van der Waals surface area (Å²) < 4.78 is 7.08. The third-order valence-corrected chi connectivity index (χ3v) is 3.25. The lowest BCUT2D eigenvalue weighted by Gasteiger charge is -2.11. The van der Waals surface area contributed by atoms with Gasteiger partial charge < -0.3 is 10.1 Å². The fourth-order valence-electron chi connectivity index (χ4n) is 2.07. The summed E-state index contributed by atoms with van der Waals surface area (Å²) in [7, 11) is 1.53. The predicted molar refractivity (Wildman–Crippen MR) is 84.3 cm³/mol. The van der Waals surface area contributed by atoms with Gasteiger partial charge >= 0.3 is 5.69 Å². The van der Waals surface area contributed by atoms with Gasteiger partial charge in [-0.15, -0.1) is 0 Å². The van der Waals surface area contributed by atoms with Gasteiger partial charge in [-0.25, -0.2) is 4.79 Å². The van der Waals surface area contributed by atoms with Crippen LogP contribution in [-0.4, -0.2) is 33.9 Å². The summed E-state index contributed by atoms with van der Waals surface area (Å²) in [5, 5.41) is 6.46. The van der Waals surface area contributed by atoms with Crippen LogP contribution in [0.4, 0.5) is 0 Å². The summed E-state index contributed by atoms with van der Waals surface area (Å²) in [5.74, 6) is 0.0107. The van der Waals surface area contributed by atoms with Crippen LogP contribution in [0.5, 0.6) is 5.75 Å². The molecule has 8 heteroatoms. The van der Waals surface area contributed by atoms with Crippen LogP contribution in [-0.2, 0) is 6.54 Å². The van der Waals surface area contributed by atoms with Crippen LogP contribution < -0.4 is 21.3 Å². The fourth-order valence-corrected chi connectivity index (χ4v) is 2.07. The van der Waals surface area contributed by atoms with Gasteiger partial charge in [-0.3, -0.25) is 14.2 Å². The zero-order chi connectivity index (χ0) is 17.0. The van der Waals surface area contributed by atoms with E-state index in [1.54, 1.807) is 38.1 Å². The second-order valence-corrected chi connectivity index (χ2v) is 4.65. The Morgan fingerprint density at radius 2 is 1.87 bits per heavy atom. The van der Waals surface area contributed by atoms with E-state index in [1.807, 2.05) is 0 Å². The highest BCUT2D eigenvalue weighted by atomic mass is 16.5. The minimum Gasteiger partial charge on any atom is -0.497 e. The first-order valence-corrected chi connectivity index (χ1v) is 7.20. The maximum atomic E-state index is 12.4. The van der Waals surface area contributed by atoms with Crippen LogP contribution in [0, 0.1) is 0 Å². The third kappa shape index (κ3) is 3.15. The zero-order valence-electron chi connectivity index (χ0n) is 13.2. The molecule has 0 saturated carbocycles. The van der Waals surface area contributed by atoms with Crippen LogP contribution in [0.25, 0.3) is 5.69 Å². The Bertz CT molecular complexity index is 821.